The number of hydrogen-bond acceptors (Lipinski definition) is 7. The van der Waals surface area contributed by atoms with E-state index in [-0.39, 0.29) is 29.5 Å². The van der Waals surface area contributed by atoms with Crippen molar-refractivity contribution in [2.45, 2.75) is 64.1 Å². The normalized spacial score (nSPS) is 23.4. The molecule has 4 rings (SSSR count). The van der Waals surface area contributed by atoms with Gasteiger partial charge >= 0.3 is 0 Å². The molecule has 0 saturated heterocycles. The van der Waals surface area contributed by atoms with Gasteiger partial charge < -0.3 is 14.6 Å². The zero-order chi connectivity index (χ0) is 29.2. The van der Waals surface area contributed by atoms with Gasteiger partial charge in [-0.05, 0) is 71.2 Å². The van der Waals surface area contributed by atoms with Gasteiger partial charge in [-0.2, -0.15) is 5.26 Å². The first-order valence-electron chi connectivity index (χ1n) is 13.9. The Morgan fingerprint density at radius 1 is 1.07 bits per heavy atom. The number of carbonyl (C=O) groups is 2. The lowest BCUT2D eigenvalue weighted by atomic mass is 9.79. The number of benzene rings is 1. The summed E-state index contributed by atoms with van der Waals surface area (Å²) in [5, 5.41) is 14.2. The fourth-order valence-corrected chi connectivity index (χ4v) is 5.74. The molecule has 0 radical (unpaired) electrons. The molecule has 9 nitrogen and oxygen atoms in total. The molecule has 1 fully saturated rings. The Kier molecular flexibility index (Phi) is 8.59. The lowest BCUT2D eigenvalue weighted by Gasteiger charge is -2.45. The van der Waals surface area contributed by atoms with E-state index in [4.69, 9.17) is 4.84 Å². The van der Waals surface area contributed by atoms with Crippen LogP contribution in [0.1, 0.15) is 69.4 Å². The van der Waals surface area contributed by atoms with Crippen LogP contribution in [0.5, 0.6) is 0 Å². The van der Waals surface area contributed by atoms with E-state index in [0.717, 1.165) is 37.0 Å². The number of rotatable bonds is 6. The van der Waals surface area contributed by atoms with Gasteiger partial charge in [0.25, 0.3) is 0 Å². The molecule has 2 heterocycles. The zero-order valence-corrected chi connectivity index (χ0v) is 24.6. The number of carbonyl (C=O) groups excluding carboxylic acids is 2. The molecular formula is C31H40N6O3. The number of nitriles is 1. The van der Waals surface area contributed by atoms with Crippen molar-refractivity contribution in [2.24, 2.45) is 17.0 Å². The van der Waals surface area contributed by atoms with E-state index in [9.17, 15) is 14.9 Å². The zero-order valence-electron chi connectivity index (χ0n) is 24.6. The van der Waals surface area contributed by atoms with Crippen LogP contribution in [-0.2, 0) is 14.4 Å². The minimum Gasteiger partial charge on any atom is -0.390 e. The van der Waals surface area contributed by atoms with Crippen LogP contribution >= 0.6 is 0 Å². The van der Waals surface area contributed by atoms with Crippen LogP contribution in [-0.4, -0.2) is 72.1 Å². The summed E-state index contributed by atoms with van der Waals surface area (Å²) in [7, 11) is 6.97. The summed E-state index contributed by atoms with van der Waals surface area (Å²) < 4.78 is 0. The van der Waals surface area contributed by atoms with Crippen molar-refractivity contribution >= 4 is 23.2 Å². The van der Waals surface area contributed by atoms with Gasteiger partial charge in [-0.25, -0.2) is 4.98 Å². The first kappa shape index (κ1) is 29.2. The van der Waals surface area contributed by atoms with Crippen LogP contribution < -0.4 is 4.90 Å². The van der Waals surface area contributed by atoms with Gasteiger partial charge in [-0.15, -0.1) is 0 Å². The van der Waals surface area contributed by atoms with Crippen molar-refractivity contribution in [1.29, 1.82) is 5.26 Å². The molecule has 1 saturated carbocycles. The van der Waals surface area contributed by atoms with Gasteiger partial charge in [-0.3, -0.25) is 14.5 Å². The molecule has 1 aliphatic heterocycles. The Morgan fingerprint density at radius 3 is 2.30 bits per heavy atom. The molecule has 2 aliphatic rings. The monoisotopic (exact) mass is 544 g/mol. The second-order valence-electron chi connectivity index (χ2n) is 12.0. The third-order valence-electron chi connectivity index (χ3n) is 7.86. The fourth-order valence-electron chi connectivity index (χ4n) is 5.74. The van der Waals surface area contributed by atoms with Crippen LogP contribution in [0.3, 0.4) is 0 Å². The molecule has 0 bridgehead atoms. The molecule has 2 unspecified atom stereocenters. The largest absolute Gasteiger partial charge is 0.390 e. The van der Waals surface area contributed by atoms with Crippen LogP contribution in [0, 0.1) is 23.2 Å². The highest BCUT2D eigenvalue weighted by molar-refractivity contribution is 6.10. The summed E-state index contributed by atoms with van der Waals surface area (Å²) >= 11 is 0. The fraction of sp³-hybridized carbons (Fsp3) is 0.516. The number of oxime groups is 1. The average Bonchev–Trinajstić information content (AvgIpc) is 2.94. The van der Waals surface area contributed by atoms with Crippen molar-refractivity contribution < 1.29 is 14.4 Å². The third-order valence-corrected chi connectivity index (χ3v) is 7.86. The highest BCUT2D eigenvalue weighted by atomic mass is 16.6. The van der Waals surface area contributed by atoms with Crippen LogP contribution in [0.2, 0.25) is 0 Å². The van der Waals surface area contributed by atoms with Crippen molar-refractivity contribution in [1.82, 2.24) is 14.8 Å². The van der Waals surface area contributed by atoms with E-state index in [2.05, 4.69) is 33.2 Å². The standard InChI is InChI=1S/C31H40N6O3/c1-31(2,3)40-34-26(20-11-9-8-10-12-20)21-13-16-23(17-14-21)36(6)28-25(29(38)35(4)5)30(39)37(7)24-18-15-22(19-32)33-27(24)28/h8-12,15,18,21,23,25,28H,13-14,16-17H2,1-7H3/b34-26+. The summed E-state index contributed by atoms with van der Waals surface area (Å²) in [6, 6.07) is 15.2. The molecule has 2 aromatic rings. The van der Waals surface area contributed by atoms with E-state index in [1.807, 2.05) is 46.0 Å². The first-order valence-corrected chi connectivity index (χ1v) is 13.9. The number of pyridine rings is 1. The number of amides is 2. The molecular weight excluding hydrogens is 504 g/mol. The first-order chi connectivity index (χ1) is 18.9. The minimum atomic E-state index is -0.946. The quantitative estimate of drug-likeness (QED) is 0.304. The summed E-state index contributed by atoms with van der Waals surface area (Å²) in [6.07, 6.45) is 3.50. The van der Waals surface area contributed by atoms with Crippen molar-refractivity contribution in [3.05, 3.63) is 59.4 Å². The van der Waals surface area contributed by atoms with Gasteiger partial charge in [0, 0.05) is 33.1 Å². The Hall–Kier alpha value is -3.77. The molecule has 1 aliphatic carbocycles. The SMILES string of the molecule is CN(C)C(=O)C1C(=O)N(C)c2ccc(C#N)nc2C1N(C)C1CCC(/C(=N/OC(C)(C)C)c2ccccc2)CC1. The average molecular weight is 545 g/mol. The number of hydrogen-bond donors (Lipinski definition) is 0. The summed E-state index contributed by atoms with van der Waals surface area (Å²) in [5.74, 6) is -1.25. The van der Waals surface area contributed by atoms with Crippen LogP contribution in [0.15, 0.2) is 47.6 Å². The molecule has 1 aromatic carbocycles. The predicted octanol–water partition coefficient (Wildman–Crippen LogP) is 4.39. The minimum absolute atomic E-state index is 0.121. The Balaban J connectivity index is 1.63. The summed E-state index contributed by atoms with van der Waals surface area (Å²) in [4.78, 5) is 42.6. The Labute approximate surface area is 237 Å². The van der Waals surface area contributed by atoms with Crippen LogP contribution in [0.25, 0.3) is 0 Å². The second kappa shape index (κ2) is 11.8. The molecule has 40 heavy (non-hydrogen) atoms. The van der Waals surface area contributed by atoms with Gasteiger partial charge in [0.05, 0.1) is 23.1 Å². The van der Waals surface area contributed by atoms with E-state index < -0.39 is 17.6 Å². The summed E-state index contributed by atoms with van der Waals surface area (Å²) in [5.41, 5.74) is 3.11. The lowest BCUT2D eigenvalue weighted by Crippen LogP contribution is -2.54. The number of fused-ring (bicyclic) bond motifs is 1. The van der Waals surface area contributed by atoms with Crippen molar-refractivity contribution in [2.75, 3.05) is 33.1 Å². The molecule has 2 amide bonds. The Morgan fingerprint density at radius 2 is 1.73 bits per heavy atom. The van der Waals surface area contributed by atoms with Gasteiger partial charge in [-0.1, -0.05) is 35.5 Å². The van der Waals surface area contributed by atoms with Gasteiger partial charge in [0.2, 0.25) is 11.8 Å². The number of aromatic nitrogens is 1. The maximum atomic E-state index is 13.6. The molecule has 212 valence electrons. The molecule has 9 heteroatoms. The number of nitrogens with zero attached hydrogens (tertiary/aromatic N) is 6. The molecule has 0 spiro atoms. The Bertz CT molecular complexity index is 1300. The van der Waals surface area contributed by atoms with E-state index in [1.165, 1.54) is 9.80 Å². The van der Waals surface area contributed by atoms with Gasteiger partial charge in [0.15, 0.2) is 0 Å². The van der Waals surface area contributed by atoms with Crippen molar-refractivity contribution in [3.8, 4) is 6.07 Å². The molecule has 2 atom stereocenters. The highest BCUT2D eigenvalue weighted by Gasteiger charge is 2.48. The smallest absolute Gasteiger partial charge is 0.241 e. The maximum absolute atomic E-state index is 13.6. The predicted molar refractivity (Wildman–Crippen MR) is 155 cm³/mol. The number of anilines is 1. The topological polar surface area (TPSA) is 102 Å². The summed E-state index contributed by atoms with van der Waals surface area (Å²) in [6.45, 7) is 5.97. The van der Waals surface area contributed by atoms with E-state index in [0.29, 0.717) is 11.4 Å². The lowest BCUT2D eigenvalue weighted by molar-refractivity contribution is -0.143. The molecule has 1 aromatic heterocycles. The van der Waals surface area contributed by atoms with Crippen molar-refractivity contribution in [3.63, 3.8) is 0 Å². The molecule has 0 N–H and O–H groups in total. The van der Waals surface area contributed by atoms with Crippen LogP contribution in [0.4, 0.5) is 5.69 Å². The highest BCUT2D eigenvalue weighted by Crippen LogP contribution is 2.43. The third kappa shape index (κ3) is 6.02. The second-order valence-corrected chi connectivity index (χ2v) is 12.0. The van der Waals surface area contributed by atoms with E-state index in [1.54, 1.807) is 33.3 Å². The van der Waals surface area contributed by atoms with E-state index >= 15 is 0 Å². The van der Waals surface area contributed by atoms with Gasteiger partial charge in [0.1, 0.15) is 23.3 Å². The maximum Gasteiger partial charge on any atom is 0.241 e.